The van der Waals surface area contributed by atoms with E-state index in [0.29, 0.717) is 23.3 Å². The van der Waals surface area contributed by atoms with Crippen molar-refractivity contribution in [2.75, 3.05) is 0 Å². The van der Waals surface area contributed by atoms with Gasteiger partial charge in [0.05, 0.1) is 0 Å². The van der Waals surface area contributed by atoms with E-state index in [9.17, 15) is 19.2 Å². The van der Waals surface area contributed by atoms with E-state index in [4.69, 9.17) is 10.2 Å². The minimum atomic E-state index is -1.90. The van der Waals surface area contributed by atoms with Crippen molar-refractivity contribution in [3.63, 3.8) is 0 Å². The Kier molecular flexibility index (Phi) is 6.17. The highest BCUT2D eigenvalue weighted by Crippen LogP contribution is 2.35. The van der Waals surface area contributed by atoms with Crippen LogP contribution in [0.4, 0.5) is 0 Å². The number of carbonyl (C=O) groups is 4. The fourth-order valence-electron chi connectivity index (χ4n) is 2.78. The van der Waals surface area contributed by atoms with Crippen molar-refractivity contribution < 1.29 is 29.4 Å². The summed E-state index contributed by atoms with van der Waals surface area (Å²) in [6.45, 7) is 0. The number of ketones is 2. The van der Waals surface area contributed by atoms with Crippen LogP contribution in [0.1, 0.15) is 11.1 Å². The first-order chi connectivity index (χ1) is 12.9. The first-order valence-corrected chi connectivity index (χ1v) is 7.91. The van der Waals surface area contributed by atoms with Gasteiger partial charge in [-0.3, -0.25) is 9.59 Å². The fourth-order valence-corrected chi connectivity index (χ4v) is 2.78. The highest BCUT2D eigenvalue weighted by Gasteiger charge is 2.46. The Labute approximate surface area is 155 Å². The van der Waals surface area contributed by atoms with Crippen LogP contribution in [0.15, 0.2) is 85.0 Å². The molecule has 0 bridgehead atoms. The summed E-state index contributed by atoms with van der Waals surface area (Å²) in [6, 6.07) is 16.2. The predicted molar refractivity (Wildman–Crippen MR) is 97.2 cm³/mol. The van der Waals surface area contributed by atoms with Gasteiger partial charge < -0.3 is 10.2 Å². The smallest absolute Gasteiger partial charge is 0.328 e. The standard InChI is InChI=1S/C21H16O6/c22-17(11-13-19(24)25)21(15-7-3-1-4-8-15,16-9-5-2-6-10-16)18(23)12-14-20(26)27/h1-14H,(H,24,25)(H,26,27). The summed E-state index contributed by atoms with van der Waals surface area (Å²) in [5.41, 5.74) is -1.30. The Bertz CT molecular complexity index is 833. The zero-order valence-electron chi connectivity index (χ0n) is 14.1. The largest absolute Gasteiger partial charge is 0.478 e. The average Bonchev–Trinajstić information content (AvgIpc) is 2.67. The molecule has 0 aliphatic heterocycles. The summed E-state index contributed by atoms with van der Waals surface area (Å²) in [5.74, 6) is -4.26. The van der Waals surface area contributed by atoms with Gasteiger partial charge in [0, 0.05) is 12.2 Å². The molecule has 0 aliphatic rings. The lowest BCUT2D eigenvalue weighted by Crippen LogP contribution is -2.43. The molecular weight excluding hydrogens is 348 g/mol. The number of benzene rings is 2. The lowest BCUT2D eigenvalue weighted by Gasteiger charge is -2.30. The molecule has 6 heteroatoms. The molecule has 0 fully saturated rings. The summed E-state index contributed by atoms with van der Waals surface area (Å²) in [7, 11) is 0. The van der Waals surface area contributed by atoms with Gasteiger partial charge in [0.15, 0.2) is 11.6 Å². The molecule has 6 nitrogen and oxygen atoms in total. The minimum Gasteiger partial charge on any atom is -0.478 e. The first-order valence-electron chi connectivity index (χ1n) is 7.91. The first kappa shape index (κ1) is 19.5. The van der Waals surface area contributed by atoms with Crippen molar-refractivity contribution in [2.24, 2.45) is 0 Å². The molecule has 27 heavy (non-hydrogen) atoms. The summed E-state index contributed by atoms with van der Waals surface area (Å²) in [5, 5.41) is 17.7. The van der Waals surface area contributed by atoms with E-state index in [-0.39, 0.29) is 0 Å². The summed E-state index contributed by atoms with van der Waals surface area (Å²) >= 11 is 0. The number of hydrogen-bond donors (Lipinski definition) is 2. The second-order valence-electron chi connectivity index (χ2n) is 5.55. The lowest BCUT2D eigenvalue weighted by atomic mass is 9.68. The maximum absolute atomic E-state index is 13.1. The minimum absolute atomic E-state index is 0.302. The van der Waals surface area contributed by atoms with Crippen LogP contribution in [0, 0.1) is 0 Å². The quantitative estimate of drug-likeness (QED) is 0.550. The number of carbonyl (C=O) groups excluding carboxylic acids is 2. The maximum atomic E-state index is 13.1. The normalized spacial score (nSPS) is 11.6. The third-order valence-electron chi connectivity index (χ3n) is 3.91. The maximum Gasteiger partial charge on any atom is 0.328 e. The molecule has 0 aliphatic carbocycles. The van der Waals surface area contributed by atoms with E-state index in [2.05, 4.69) is 0 Å². The van der Waals surface area contributed by atoms with Gasteiger partial charge >= 0.3 is 11.9 Å². The third-order valence-corrected chi connectivity index (χ3v) is 3.91. The van der Waals surface area contributed by atoms with E-state index in [1.165, 1.54) is 0 Å². The predicted octanol–water partition coefficient (Wildman–Crippen LogP) is 2.39. The Morgan fingerprint density at radius 3 is 1.22 bits per heavy atom. The van der Waals surface area contributed by atoms with Crippen LogP contribution in [-0.4, -0.2) is 33.7 Å². The van der Waals surface area contributed by atoms with E-state index in [1.54, 1.807) is 60.7 Å². The molecule has 0 saturated carbocycles. The molecule has 0 saturated heterocycles. The van der Waals surface area contributed by atoms with E-state index >= 15 is 0 Å². The molecule has 2 N–H and O–H groups in total. The van der Waals surface area contributed by atoms with Gasteiger partial charge in [0.25, 0.3) is 0 Å². The zero-order chi connectivity index (χ0) is 19.9. The molecule has 0 atom stereocenters. The molecule has 0 amide bonds. The zero-order valence-corrected chi connectivity index (χ0v) is 14.1. The Balaban J connectivity index is 2.81. The molecule has 2 aromatic carbocycles. The topological polar surface area (TPSA) is 109 Å². The molecule has 2 rings (SSSR count). The number of aliphatic carboxylic acids is 2. The third kappa shape index (κ3) is 4.24. The Morgan fingerprint density at radius 1 is 0.593 bits per heavy atom. The Morgan fingerprint density at radius 2 is 0.926 bits per heavy atom. The number of carboxylic acids is 2. The van der Waals surface area contributed by atoms with Gasteiger partial charge in [0.1, 0.15) is 5.41 Å². The van der Waals surface area contributed by atoms with Crippen LogP contribution in [-0.2, 0) is 24.6 Å². The highest BCUT2D eigenvalue weighted by molar-refractivity contribution is 6.24. The molecule has 0 heterocycles. The second kappa shape index (κ2) is 8.53. The summed E-state index contributed by atoms with van der Waals surface area (Å²) < 4.78 is 0. The molecule has 2 aromatic rings. The lowest BCUT2D eigenvalue weighted by molar-refractivity contribution is -0.132. The molecule has 136 valence electrons. The number of carboxylic acid groups (broad SMARTS) is 2. The van der Waals surface area contributed by atoms with Crippen molar-refractivity contribution in [1.29, 1.82) is 0 Å². The average molecular weight is 364 g/mol. The van der Waals surface area contributed by atoms with Crippen LogP contribution in [0.5, 0.6) is 0 Å². The number of allylic oxidation sites excluding steroid dienone is 2. The monoisotopic (exact) mass is 364 g/mol. The van der Waals surface area contributed by atoms with E-state index in [0.717, 1.165) is 12.2 Å². The van der Waals surface area contributed by atoms with E-state index < -0.39 is 28.9 Å². The van der Waals surface area contributed by atoms with Crippen molar-refractivity contribution in [2.45, 2.75) is 5.41 Å². The highest BCUT2D eigenvalue weighted by atomic mass is 16.4. The van der Waals surface area contributed by atoms with Crippen LogP contribution in [0.25, 0.3) is 0 Å². The summed E-state index contributed by atoms with van der Waals surface area (Å²) in [6.07, 6.45) is 2.93. The van der Waals surface area contributed by atoms with Gasteiger partial charge in [-0.1, -0.05) is 60.7 Å². The van der Waals surface area contributed by atoms with Crippen LogP contribution in [0.3, 0.4) is 0 Å². The fraction of sp³-hybridized carbons (Fsp3) is 0.0476. The van der Waals surface area contributed by atoms with Gasteiger partial charge in [-0.15, -0.1) is 0 Å². The van der Waals surface area contributed by atoms with Gasteiger partial charge in [-0.25, -0.2) is 9.59 Å². The molecule has 0 aromatic heterocycles. The number of rotatable bonds is 8. The Hall–Kier alpha value is -3.80. The molecule has 0 unspecified atom stereocenters. The SMILES string of the molecule is O=C(O)C=CC(=O)C(C(=O)C=CC(=O)O)(c1ccccc1)c1ccccc1. The van der Waals surface area contributed by atoms with Crippen LogP contribution < -0.4 is 0 Å². The van der Waals surface area contributed by atoms with Gasteiger partial charge in [-0.05, 0) is 23.3 Å². The van der Waals surface area contributed by atoms with Crippen molar-refractivity contribution in [1.82, 2.24) is 0 Å². The molecular formula is C21H16O6. The van der Waals surface area contributed by atoms with Gasteiger partial charge in [0.2, 0.25) is 0 Å². The second-order valence-corrected chi connectivity index (χ2v) is 5.55. The van der Waals surface area contributed by atoms with Crippen molar-refractivity contribution in [3.8, 4) is 0 Å². The van der Waals surface area contributed by atoms with Gasteiger partial charge in [-0.2, -0.15) is 0 Å². The van der Waals surface area contributed by atoms with Crippen LogP contribution in [0.2, 0.25) is 0 Å². The summed E-state index contributed by atoms with van der Waals surface area (Å²) in [4.78, 5) is 48.0. The van der Waals surface area contributed by atoms with E-state index in [1.807, 2.05) is 0 Å². The molecule has 0 radical (unpaired) electrons. The number of hydrogen-bond acceptors (Lipinski definition) is 4. The van der Waals surface area contributed by atoms with Crippen molar-refractivity contribution in [3.05, 3.63) is 96.1 Å². The van der Waals surface area contributed by atoms with Crippen molar-refractivity contribution >= 4 is 23.5 Å². The van der Waals surface area contributed by atoms with Crippen LogP contribution >= 0.6 is 0 Å². The molecule has 0 spiro atoms.